The van der Waals surface area contributed by atoms with E-state index in [2.05, 4.69) is 23.1 Å². The van der Waals surface area contributed by atoms with Crippen LogP contribution in [0.2, 0.25) is 0 Å². The van der Waals surface area contributed by atoms with Crippen molar-refractivity contribution in [3.8, 4) is 5.75 Å². The predicted molar refractivity (Wildman–Crippen MR) is 69.8 cm³/mol. The van der Waals surface area contributed by atoms with Crippen molar-refractivity contribution in [3.05, 3.63) is 65.9 Å². The van der Waals surface area contributed by atoms with E-state index in [0.717, 1.165) is 12.2 Å². The zero-order valence-corrected chi connectivity index (χ0v) is 9.38. The molecule has 2 aromatic carbocycles. The fraction of sp³-hybridized carbons (Fsp3) is 0.0667. The lowest BCUT2D eigenvalue weighted by atomic mass is 10.0. The Balaban J connectivity index is 1.98. The predicted octanol–water partition coefficient (Wildman–Crippen LogP) is 3.38. The first-order valence-corrected chi connectivity index (χ1v) is 5.65. The molecule has 0 fully saturated rings. The summed E-state index contributed by atoms with van der Waals surface area (Å²) < 4.78 is 0. The summed E-state index contributed by atoms with van der Waals surface area (Å²) >= 11 is 0. The first-order chi connectivity index (χ1) is 8.34. The van der Waals surface area contributed by atoms with Gasteiger partial charge in [0.05, 0.1) is 5.69 Å². The van der Waals surface area contributed by atoms with E-state index in [1.165, 1.54) is 11.1 Å². The third-order valence-corrected chi connectivity index (χ3v) is 3.02. The first-order valence-electron chi connectivity index (χ1n) is 5.65. The molecule has 0 radical (unpaired) electrons. The van der Waals surface area contributed by atoms with Gasteiger partial charge in [-0.25, -0.2) is 0 Å². The van der Waals surface area contributed by atoms with Crippen LogP contribution in [-0.2, 0) is 6.54 Å². The molecule has 0 unspecified atom stereocenters. The van der Waals surface area contributed by atoms with Crippen molar-refractivity contribution in [2.45, 2.75) is 6.54 Å². The molecule has 2 heteroatoms. The van der Waals surface area contributed by atoms with Crippen LogP contribution in [0.25, 0.3) is 6.08 Å². The maximum absolute atomic E-state index is 9.84. The van der Waals surface area contributed by atoms with Gasteiger partial charge in [0, 0.05) is 12.7 Å². The molecule has 0 saturated heterocycles. The molecule has 1 heterocycles. The molecule has 0 atom stereocenters. The molecule has 84 valence electrons. The largest absolute Gasteiger partial charge is 0.506 e. The summed E-state index contributed by atoms with van der Waals surface area (Å²) in [5.74, 6) is 0.316. The molecule has 0 amide bonds. The first kappa shape index (κ1) is 9.97. The van der Waals surface area contributed by atoms with Crippen LogP contribution in [0.1, 0.15) is 11.1 Å². The summed E-state index contributed by atoms with van der Waals surface area (Å²) in [5.41, 5.74) is 3.37. The number of rotatable bonds is 1. The molecule has 3 rings (SSSR count). The zero-order valence-electron chi connectivity index (χ0n) is 9.38. The van der Waals surface area contributed by atoms with Crippen LogP contribution >= 0.6 is 0 Å². The molecule has 2 aromatic rings. The van der Waals surface area contributed by atoms with Crippen molar-refractivity contribution in [2.24, 2.45) is 0 Å². The topological polar surface area (TPSA) is 23.5 Å². The number of benzene rings is 2. The number of hydrogen-bond acceptors (Lipinski definition) is 2. The van der Waals surface area contributed by atoms with Gasteiger partial charge in [0.15, 0.2) is 0 Å². The van der Waals surface area contributed by atoms with E-state index in [1.807, 2.05) is 36.5 Å². The minimum atomic E-state index is 0.316. The molecule has 2 nitrogen and oxygen atoms in total. The molecule has 0 spiro atoms. The van der Waals surface area contributed by atoms with Crippen molar-refractivity contribution >= 4 is 11.8 Å². The number of anilines is 1. The number of aromatic hydroxyl groups is 1. The van der Waals surface area contributed by atoms with Crippen LogP contribution in [0.5, 0.6) is 5.75 Å². The number of fused-ring (bicyclic) bond motifs is 1. The summed E-state index contributed by atoms with van der Waals surface area (Å²) in [6.07, 6.45) is 4.09. The van der Waals surface area contributed by atoms with Gasteiger partial charge in [0.25, 0.3) is 0 Å². The van der Waals surface area contributed by atoms with E-state index in [-0.39, 0.29) is 0 Å². The molecule has 1 N–H and O–H groups in total. The van der Waals surface area contributed by atoms with Crippen LogP contribution < -0.4 is 4.90 Å². The highest BCUT2D eigenvalue weighted by molar-refractivity contribution is 5.67. The van der Waals surface area contributed by atoms with Gasteiger partial charge in [-0.05, 0) is 29.3 Å². The van der Waals surface area contributed by atoms with Crippen LogP contribution in [0, 0.1) is 0 Å². The van der Waals surface area contributed by atoms with Crippen LogP contribution in [0.4, 0.5) is 5.69 Å². The van der Waals surface area contributed by atoms with Gasteiger partial charge in [-0.1, -0.05) is 36.4 Å². The Morgan fingerprint density at radius 2 is 1.71 bits per heavy atom. The third kappa shape index (κ3) is 1.78. The highest BCUT2D eigenvalue weighted by Gasteiger charge is 2.13. The number of hydrogen-bond donors (Lipinski definition) is 1. The van der Waals surface area contributed by atoms with Gasteiger partial charge in [0.1, 0.15) is 5.75 Å². The molecule has 1 aliphatic rings. The van der Waals surface area contributed by atoms with E-state index >= 15 is 0 Å². The van der Waals surface area contributed by atoms with Crippen LogP contribution in [-0.4, -0.2) is 5.11 Å². The summed E-state index contributed by atoms with van der Waals surface area (Å²) in [7, 11) is 0. The summed E-state index contributed by atoms with van der Waals surface area (Å²) in [6.45, 7) is 0.796. The molecular formula is C15H13NO. The fourth-order valence-electron chi connectivity index (χ4n) is 2.12. The van der Waals surface area contributed by atoms with E-state index in [9.17, 15) is 5.11 Å². The zero-order chi connectivity index (χ0) is 11.7. The van der Waals surface area contributed by atoms with Crippen molar-refractivity contribution in [1.29, 1.82) is 0 Å². The Kier molecular flexibility index (Phi) is 2.33. The number of nitrogens with zero attached hydrogens (tertiary/aromatic N) is 1. The van der Waals surface area contributed by atoms with Crippen molar-refractivity contribution in [3.63, 3.8) is 0 Å². The van der Waals surface area contributed by atoms with Crippen molar-refractivity contribution < 1.29 is 5.11 Å². The second-order valence-corrected chi connectivity index (χ2v) is 4.13. The van der Waals surface area contributed by atoms with E-state index in [4.69, 9.17) is 0 Å². The summed E-state index contributed by atoms with van der Waals surface area (Å²) in [5, 5.41) is 9.84. The van der Waals surface area contributed by atoms with Gasteiger partial charge in [0.2, 0.25) is 0 Å². The maximum Gasteiger partial charge on any atom is 0.139 e. The Bertz CT molecular complexity index is 575. The second kappa shape index (κ2) is 3.98. The number of para-hydroxylation sites is 2. The molecule has 0 saturated carbocycles. The molecule has 0 aromatic heterocycles. The molecule has 17 heavy (non-hydrogen) atoms. The Morgan fingerprint density at radius 1 is 0.941 bits per heavy atom. The average molecular weight is 223 g/mol. The average Bonchev–Trinajstić information content (AvgIpc) is 2.39. The van der Waals surface area contributed by atoms with Crippen molar-refractivity contribution in [1.82, 2.24) is 0 Å². The van der Waals surface area contributed by atoms with E-state index in [0.29, 0.717) is 5.75 Å². The standard InChI is InChI=1S/C15H13NO/c17-15-8-4-3-7-14(15)16-10-9-12-5-1-2-6-13(12)11-16/h1-10,17H,11H2. The lowest BCUT2D eigenvalue weighted by Gasteiger charge is -2.25. The fourth-order valence-corrected chi connectivity index (χ4v) is 2.12. The van der Waals surface area contributed by atoms with Crippen LogP contribution in [0.15, 0.2) is 54.7 Å². The smallest absolute Gasteiger partial charge is 0.139 e. The lowest BCUT2D eigenvalue weighted by molar-refractivity contribution is 0.475. The van der Waals surface area contributed by atoms with E-state index < -0.39 is 0 Å². The molecule has 0 aliphatic carbocycles. The van der Waals surface area contributed by atoms with E-state index in [1.54, 1.807) is 6.07 Å². The lowest BCUT2D eigenvalue weighted by Crippen LogP contribution is -2.18. The molecular weight excluding hydrogens is 210 g/mol. The molecule has 0 bridgehead atoms. The van der Waals surface area contributed by atoms with Gasteiger partial charge in [-0.3, -0.25) is 0 Å². The van der Waals surface area contributed by atoms with Gasteiger partial charge >= 0.3 is 0 Å². The quantitative estimate of drug-likeness (QED) is 0.801. The monoisotopic (exact) mass is 223 g/mol. The van der Waals surface area contributed by atoms with Gasteiger partial charge in [-0.15, -0.1) is 0 Å². The van der Waals surface area contributed by atoms with Gasteiger partial charge < -0.3 is 10.0 Å². The highest BCUT2D eigenvalue weighted by atomic mass is 16.3. The number of phenolic OH excluding ortho intramolecular Hbond substituents is 1. The normalized spacial score (nSPS) is 13.5. The Labute approximate surface area is 100 Å². The van der Waals surface area contributed by atoms with Crippen molar-refractivity contribution in [2.75, 3.05) is 4.90 Å². The highest BCUT2D eigenvalue weighted by Crippen LogP contribution is 2.31. The second-order valence-electron chi connectivity index (χ2n) is 4.13. The Morgan fingerprint density at radius 3 is 2.59 bits per heavy atom. The minimum absolute atomic E-state index is 0.316. The van der Waals surface area contributed by atoms with Gasteiger partial charge in [-0.2, -0.15) is 0 Å². The Hall–Kier alpha value is -2.22. The van der Waals surface area contributed by atoms with Crippen LogP contribution in [0.3, 0.4) is 0 Å². The molecule has 1 aliphatic heterocycles. The summed E-state index contributed by atoms with van der Waals surface area (Å²) in [6, 6.07) is 15.7. The summed E-state index contributed by atoms with van der Waals surface area (Å²) in [4.78, 5) is 2.05. The SMILES string of the molecule is Oc1ccccc1N1C=Cc2ccccc2C1. The third-order valence-electron chi connectivity index (χ3n) is 3.02. The number of phenols is 1. The minimum Gasteiger partial charge on any atom is -0.506 e. The maximum atomic E-state index is 9.84.